The van der Waals surface area contributed by atoms with Crippen LogP contribution in [0.5, 0.6) is 0 Å². The van der Waals surface area contributed by atoms with Gasteiger partial charge in [0.1, 0.15) is 11.0 Å². The summed E-state index contributed by atoms with van der Waals surface area (Å²) in [4.78, 5) is 4.12. The fraction of sp³-hybridized carbons (Fsp3) is 0.154. The Kier molecular flexibility index (Phi) is 4.04. The van der Waals surface area contributed by atoms with E-state index in [1.54, 1.807) is 12.1 Å². The molecule has 94 valence electrons. The molecule has 1 N–H and O–H groups in total. The minimum Gasteiger partial charge on any atom is -0.379 e. The zero-order valence-corrected chi connectivity index (χ0v) is 11.2. The SMILES string of the molecule is Cc1nc(Cl)ccc1NCc1cc(F)cc(Cl)c1. The second-order valence-corrected chi connectivity index (χ2v) is 4.72. The van der Waals surface area contributed by atoms with Crippen molar-refractivity contribution in [3.05, 3.63) is 57.6 Å². The first-order chi connectivity index (χ1) is 8.54. The molecule has 0 amide bonds. The van der Waals surface area contributed by atoms with E-state index >= 15 is 0 Å². The fourth-order valence-electron chi connectivity index (χ4n) is 1.63. The Morgan fingerprint density at radius 3 is 2.67 bits per heavy atom. The molecule has 2 rings (SSSR count). The predicted octanol–water partition coefficient (Wildman–Crippen LogP) is 4.45. The highest BCUT2D eigenvalue weighted by Crippen LogP contribution is 2.18. The molecule has 0 bridgehead atoms. The van der Waals surface area contributed by atoms with E-state index in [0.29, 0.717) is 16.7 Å². The molecule has 2 nitrogen and oxygen atoms in total. The molecule has 1 aromatic carbocycles. The number of aryl methyl sites for hydroxylation is 1. The van der Waals surface area contributed by atoms with Gasteiger partial charge in [-0.25, -0.2) is 9.37 Å². The highest BCUT2D eigenvalue weighted by Gasteiger charge is 2.02. The van der Waals surface area contributed by atoms with E-state index < -0.39 is 0 Å². The van der Waals surface area contributed by atoms with Gasteiger partial charge in [0.05, 0.1) is 11.4 Å². The van der Waals surface area contributed by atoms with Crippen LogP contribution in [0, 0.1) is 12.7 Å². The van der Waals surface area contributed by atoms with Crippen molar-refractivity contribution in [1.29, 1.82) is 0 Å². The Morgan fingerprint density at radius 2 is 2.00 bits per heavy atom. The highest BCUT2D eigenvalue weighted by atomic mass is 35.5. The van der Waals surface area contributed by atoms with Crippen molar-refractivity contribution >= 4 is 28.9 Å². The topological polar surface area (TPSA) is 24.9 Å². The molecule has 0 aliphatic rings. The van der Waals surface area contributed by atoms with Crippen LogP contribution in [0.15, 0.2) is 30.3 Å². The van der Waals surface area contributed by atoms with Crippen molar-refractivity contribution in [2.24, 2.45) is 0 Å². The zero-order valence-electron chi connectivity index (χ0n) is 9.67. The standard InChI is InChI=1S/C13H11Cl2FN2/c1-8-12(2-3-13(15)18-8)17-7-9-4-10(14)6-11(16)5-9/h2-6,17H,7H2,1H3. The molecule has 1 heterocycles. The maximum absolute atomic E-state index is 13.1. The monoisotopic (exact) mass is 284 g/mol. The van der Waals surface area contributed by atoms with Gasteiger partial charge in [-0.15, -0.1) is 0 Å². The van der Waals surface area contributed by atoms with Crippen molar-refractivity contribution in [1.82, 2.24) is 4.98 Å². The second-order valence-electron chi connectivity index (χ2n) is 3.90. The van der Waals surface area contributed by atoms with Crippen LogP contribution in [0.3, 0.4) is 0 Å². The van der Waals surface area contributed by atoms with E-state index in [4.69, 9.17) is 23.2 Å². The minimum absolute atomic E-state index is 0.342. The molecule has 0 spiro atoms. The van der Waals surface area contributed by atoms with Gasteiger partial charge in [-0.05, 0) is 42.8 Å². The van der Waals surface area contributed by atoms with Crippen molar-refractivity contribution in [2.45, 2.75) is 13.5 Å². The molecule has 0 unspecified atom stereocenters. The summed E-state index contributed by atoms with van der Waals surface area (Å²) >= 11 is 11.6. The van der Waals surface area contributed by atoms with Gasteiger partial charge in [-0.2, -0.15) is 0 Å². The Morgan fingerprint density at radius 1 is 1.22 bits per heavy atom. The van der Waals surface area contributed by atoms with Gasteiger partial charge in [0.25, 0.3) is 0 Å². The molecule has 2 aromatic rings. The van der Waals surface area contributed by atoms with Crippen LogP contribution in [0.1, 0.15) is 11.3 Å². The number of aromatic nitrogens is 1. The molecule has 0 saturated heterocycles. The van der Waals surface area contributed by atoms with Gasteiger partial charge in [0.15, 0.2) is 0 Å². The summed E-state index contributed by atoms with van der Waals surface area (Å²) in [5, 5.41) is 4.00. The first-order valence-electron chi connectivity index (χ1n) is 5.36. The molecule has 1 aromatic heterocycles. The van der Waals surface area contributed by atoms with E-state index in [1.807, 2.05) is 13.0 Å². The highest BCUT2D eigenvalue weighted by molar-refractivity contribution is 6.30. The van der Waals surface area contributed by atoms with Crippen LogP contribution in [0.4, 0.5) is 10.1 Å². The van der Waals surface area contributed by atoms with Gasteiger partial charge >= 0.3 is 0 Å². The summed E-state index contributed by atoms with van der Waals surface area (Å²) in [6, 6.07) is 7.98. The summed E-state index contributed by atoms with van der Waals surface area (Å²) in [5.74, 6) is -0.342. The lowest BCUT2D eigenvalue weighted by molar-refractivity contribution is 0.626. The molecule has 0 aliphatic heterocycles. The smallest absolute Gasteiger partial charge is 0.129 e. The third-order valence-corrected chi connectivity index (χ3v) is 2.89. The van der Waals surface area contributed by atoms with Gasteiger partial charge in [0.2, 0.25) is 0 Å². The third-order valence-electron chi connectivity index (χ3n) is 2.46. The number of pyridine rings is 1. The Balaban J connectivity index is 2.11. The van der Waals surface area contributed by atoms with Crippen LogP contribution >= 0.6 is 23.2 Å². The minimum atomic E-state index is -0.342. The van der Waals surface area contributed by atoms with Crippen LogP contribution in [0.25, 0.3) is 0 Å². The van der Waals surface area contributed by atoms with Crippen molar-refractivity contribution in [3.8, 4) is 0 Å². The zero-order chi connectivity index (χ0) is 13.1. The molecule has 0 aliphatic carbocycles. The van der Waals surface area contributed by atoms with E-state index in [9.17, 15) is 4.39 Å². The molecule has 0 fully saturated rings. The summed E-state index contributed by atoms with van der Waals surface area (Å²) in [6.07, 6.45) is 0. The molecule has 18 heavy (non-hydrogen) atoms. The van der Waals surface area contributed by atoms with E-state index in [1.165, 1.54) is 12.1 Å². The average molecular weight is 285 g/mol. The lowest BCUT2D eigenvalue weighted by Gasteiger charge is -2.09. The van der Waals surface area contributed by atoms with Gasteiger partial charge in [0, 0.05) is 11.6 Å². The lowest BCUT2D eigenvalue weighted by atomic mass is 10.2. The maximum atomic E-state index is 13.1. The Labute approximate surface area is 115 Å². The molecular weight excluding hydrogens is 274 g/mol. The number of rotatable bonds is 3. The third kappa shape index (κ3) is 3.34. The Bertz CT molecular complexity index is 553. The van der Waals surface area contributed by atoms with E-state index in [2.05, 4.69) is 10.3 Å². The molecule has 0 radical (unpaired) electrons. The number of anilines is 1. The molecule has 0 saturated carbocycles. The number of halogens is 3. The van der Waals surface area contributed by atoms with Crippen LogP contribution in [-0.4, -0.2) is 4.98 Å². The maximum Gasteiger partial charge on any atom is 0.129 e. The van der Waals surface area contributed by atoms with E-state index in [0.717, 1.165) is 16.9 Å². The normalized spacial score (nSPS) is 10.4. The number of benzene rings is 1. The number of nitrogens with one attached hydrogen (secondary N) is 1. The number of hydrogen-bond acceptors (Lipinski definition) is 2. The first kappa shape index (κ1) is 13.1. The van der Waals surface area contributed by atoms with Crippen molar-refractivity contribution in [2.75, 3.05) is 5.32 Å². The summed E-state index contributed by atoms with van der Waals surface area (Å²) in [5.41, 5.74) is 2.43. The van der Waals surface area contributed by atoms with E-state index in [-0.39, 0.29) is 5.82 Å². The van der Waals surface area contributed by atoms with Crippen LogP contribution < -0.4 is 5.32 Å². The van der Waals surface area contributed by atoms with Crippen LogP contribution in [-0.2, 0) is 6.54 Å². The van der Waals surface area contributed by atoms with Gasteiger partial charge in [-0.1, -0.05) is 23.2 Å². The second kappa shape index (κ2) is 5.55. The Hall–Kier alpha value is -1.32. The van der Waals surface area contributed by atoms with Gasteiger partial charge < -0.3 is 5.32 Å². The molecule has 5 heteroatoms. The summed E-state index contributed by atoms with van der Waals surface area (Å²) < 4.78 is 13.1. The molecule has 0 atom stereocenters. The molecular formula is C13H11Cl2FN2. The van der Waals surface area contributed by atoms with Crippen molar-refractivity contribution in [3.63, 3.8) is 0 Å². The summed E-state index contributed by atoms with van der Waals surface area (Å²) in [6.45, 7) is 2.33. The largest absolute Gasteiger partial charge is 0.379 e. The van der Waals surface area contributed by atoms with Crippen molar-refractivity contribution < 1.29 is 4.39 Å². The first-order valence-corrected chi connectivity index (χ1v) is 6.12. The van der Waals surface area contributed by atoms with Crippen LogP contribution in [0.2, 0.25) is 10.2 Å². The van der Waals surface area contributed by atoms with Gasteiger partial charge in [-0.3, -0.25) is 0 Å². The average Bonchev–Trinajstić information content (AvgIpc) is 2.26. The quantitative estimate of drug-likeness (QED) is 0.843. The number of nitrogens with zero attached hydrogens (tertiary/aromatic N) is 1. The predicted molar refractivity (Wildman–Crippen MR) is 72.7 cm³/mol. The fourth-order valence-corrected chi connectivity index (χ4v) is 2.06. The number of hydrogen-bond donors (Lipinski definition) is 1. The summed E-state index contributed by atoms with van der Waals surface area (Å²) in [7, 11) is 0. The lowest BCUT2D eigenvalue weighted by Crippen LogP contribution is -2.02.